The van der Waals surface area contributed by atoms with Crippen molar-refractivity contribution in [3.63, 3.8) is 0 Å². The molecule has 0 amide bonds. The SMILES string of the molecule is Fc1ccc2c3c1ccc[n+]3CO2. The zero-order valence-electron chi connectivity index (χ0n) is 6.83. The van der Waals surface area contributed by atoms with E-state index in [9.17, 15) is 4.39 Å². The largest absolute Gasteiger partial charge is 0.429 e. The highest BCUT2D eigenvalue weighted by molar-refractivity contribution is 5.82. The van der Waals surface area contributed by atoms with E-state index in [-0.39, 0.29) is 5.82 Å². The van der Waals surface area contributed by atoms with Crippen molar-refractivity contribution in [2.24, 2.45) is 0 Å². The first-order chi connectivity index (χ1) is 6.36. The van der Waals surface area contributed by atoms with E-state index in [0.29, 0.717) is 12.1 Å². The van der Waals surface area contributed by atoms with Crippen LogP contribution in [0.4, 0.5) is 4.39 Å². The van der Waals surface area contributed by atoms with Crippen molar-refractivity contribution in [3.8, 4) is 5.75 Å². The van der Waals surface area contributed by atoms with Crippen molar-refractivity contribution in [1.82, 2.24) is 0 Å². The Labute approximate surface area is 74.2 Å². The summed E-state index contributed by atoms with van der Waals surface area (Å²) < 4.78 is 20.6. The third-order valence-electron chi connectivity index (χ3n) is 2.30. The quantitative estimate of drug-likeness (QED) is 0.556. The fourth-order valence-corrected chi connectivity index (χ4v) is 1.70. The lowest BCUT2D eigenvalue weighted by Gasteiger charge is -1.93. The highest BCUT2D eigenvalue weighted by atomic mass is 19.1. The van der Waals surface area contributed by atoms with E-state index >= 15 is 0 Å². The summed E-state index contributed by atoms with van der Waals surface area (Å²) in [5.74, 6) is 0.565. The molecule has 0 radical (unpaired) electrons. The van der Waals surface area contributed by atoms with Crippen LogP contribution in [0.3, 0.4) is 0 Å². The van der Waals surface area contributed by atoms with Gasteiger partial charge in [-0.05, 0) is 18.2 Å². The van der Waals surface area contributed by atoms with Crippen molar-refractivity contribution in [3.05, 3.63) is 36.3 Å². The molecule has 0 aliphatic carbocycles. The molecular formula is C10H7FNO+. The molecule has 0 spiro atoms. The normalized spacial score (nSPS) is 13.3. The Morgan fingerprint density at radius 3 is 3.15 bits per heavy atom. The van der Waals surface area contributed by atoms with E-state index in [1.807, 2.05) is 16.8 Å². The van der Waals surface area contributed by atoms with Crippen LogP contribution in [0.5, 0.6) is 5.75 Å². The lowest BCUT2D eigenvalue weighted by Crippen LogP contribution is -2.31. The van der Waals surface area contributed by atoms with Crippen LogP contribution in [-0.2, 0) is 6.73 Å². The van der Waals surface area contributed by atoms with Gasteiger partial charge >= 0.3 is 0 Å². The average molecular weight is 176 g/mol. The van der Waals surface area contributed by atoms with Crippen LogP contribution < -0.4 is 9.30 Å². The lowest BCUT2D eigenvalue weighted by atomic mass is 10.2. The van der Waals surface area contributed by atoms with Crippen LogP contribution in [0.15, 0.2) is 30.5 Å². The van der Waals surface area contributed by atoms with Gasteiger partial charge in [0, 0.05) is 6.07 Å². The summed E-state index contributed by atoms with van der Waals surface area (Å²) in [7, 11) is 0. The molecule has 1 aliphatic heterocycles. The van der Waals surface area contributed by atoms with Gasteiger partial charge in [0.25, 0.3) is 12.2 Å². The Kier molecular flexibility index (Phi) is 1.15. The number of aromatic nitrogens is 1. The molecular weight excluding hydrogens is 169 g/mol. The molecule has 0 atom stereocenters. The number of rotatable bonds is 0. The van der Waals surface area contributed by atoms with E-state index in [1.54, 1.807) is 12.1 Å². The molecule has 2 heterocycles. The highest BCUT2D eigenvalue weighted by Crippen LogP contribution is 2.27. The van der Waals surface area contributed by atoms with Gasteiger partial charge in [-0.2, -0.15) is 4.57 Å². The first-order valence-corrected chi connectivity index (χ1v) is 4.10. The van der Waals surface area contributed by atoms with Gasteiger partial charge in [0.1, 0.15) is 5.82 Å². The summed E-state index contributed by atoms with van der Waals surface area (Å²) in [4.78, 5) is 0. The van der Waals surface area contributed by atoms with Crippen molar-refractivity contribution in [1.29, 1.82) is 0 Å². The van der Waals surface area contributed by atoms with Crippen molar-refractivity contribution >= 4 is 10.9 Å². The number of pyridine rings is 1. The lowest BCUT2D eigenvalue weighted by molar-refractivity contribution is -0.688. The first kappa shape index (κ1) is 6.83. The van der Waals surface area contributed by atoms with E-state index in [4.69, 9.17) is 4.74 Å². The Bertz CT molecular complexity index is 485. The van der Waals surface area contributed by atoms with Gasteiger partial charge in [0.2, 0.25) is 0 Å². The smallest absolute Gasteiger partial charge is 0.293 e. The van der Waals surface area contributed by atoms with Crippen molar-refractivity contribution < 1.29 is 13.7 Å². The molecule has 0 N–H and O–H groups in total. The fraction of sp³-hybridized carbons (Fsp3) is 0.100. The molecule has 3 rings (SSSR count). The van der Waals surface area contributed by atoms with Crippen LogP contribution in [0.2, 0.25) is 0 Å². The number of hydrogen-bond acceptors (Lipinski definition) is 1. The van der Waals surface area contributed by atoms with Gasteiger partial charge in [-0.15, -0.1) is 0 Å². The summed E-state index contributed by atoms with van der Waals surface area (Å²) in [6.45, 7) is 0.482. The average Bonchev–Trinajstić information content (AvgIpc) is 2.57. The number of hydrogen-bond donors (Lipinski definition) is 0. The third-order valence-corrected chi connectivity index (χ3v) is 2.30. The minimum atomic E-state index is -0.196. The van der Waals surface area contributed by atoms with E-state index < -0.39 is 0 Å². The maximum Gasteiger partial charge on any atom is 0.293 e. The Balaban J connectivity index is 2.58. The molecule has 1 aromatic heterocycles. The Morgan fingerprint density at radius 1 is 1.31 bits per heavy atom. The minimum Gasteiger partial charge on any atom is -0.429 e. The molecule has 0 saturated carbocycles. The van der Waals surface area contributed by atoms with E-state index in [2.05, 4.69) is 0 Å². The Morgan fingerprint density at radius 2 is 2.23 bits per heavy atom. The van der Waals surface area contributed by atoms with Crippen LogP contribution in [0.1, 0.15) is 0 Å². The molecule has 64 valence electrons. The molecule has 13 heavy (non-hydrogen) atoms. The molecule has 2 aromatic rings. The predicted molar refractivity (Wildman–Crippen MR) is 44.7 cm³/mol. The fourth-order valence-electron chi connectivity index (χ4n) is 1.70. The standard InChI is InChI=1S/C10H7FNO/c11-8-3-4-9-10-7(8)2-1-5-12(10)6-13-9/h1-5H,6H2/q+1. The van der Waals surface area contributed by atoms with Gasteiger partial charge in [-0.25, -0.2) is 4.39 Å². The number of halogens is 1. The summed E-state index contributed by atoms with van der Waals surface area (Å²) in [5, 5.41) is 0.623. The number of benzene rings is 1. The maximum absolute atomic E-state index is 13.3. The third kappa shape index (κ3) is 0.786. The summed E-state index contributed by atoms with van der Waals surface area (Å²) in [6.07, 6.45) is 1.89. The number of ether oxygens (including phenoxy) is 1. The topological polar surface area (TPSA) is 13.1 Å². The van der Waals surface area contributed by atoms with Crippen LogP contribution in [-0.4, -0.2) is 0 Å². The number of nitrogens with zero attached hydrogens (tertiary/aromatic N) is 1. The van der Waals surface area contributed by atoms with Crippen LogP contribution >= 0.6 is 0 Å². The minimum absolute atomic E-state index is 0.196. The van der Waals surface area contributed by atoms with E-state index in [0.717, 1.165) is 11.3 Å². The van der Waals surface area contributed by atoms with Gasteiger partial charge < -0.3 is 4.74 Å². The van der Waals surface area contributed by atoms with Crippen molar-refractivity contribution in [2.75, 3.05) is 0 Å². The van der Waals surface area contributed by atoms with Gasteiger partial charge in [-0.1, -0.05) is 0 Å². The highest BCUT2D eigenvalue weighted by Gasteiger charge is 2.23. The molecule has 3 heteroatoms. The van der Waals surface area contributed by atoms with Gasteiger partial charge in [0.15, 0.2) is 11.9 Å². The molecule has 0 fully saturated rings. The second-order valence-corrected chi connectivity index (χ2v) is 3.06. The summed E-state index contributed by atoms with van der Waals surface area (Å²) in [6, 6.07) is 6.69. The second-order valence-electron chi connectivity index (χ2n) is 3.06. The molecule has 1 aromatic carbocycles. The summed E-state index contributed by atoms with van der Waals surface area (Å²) in [5.41, 5.74) is 0.850. The zero-order chi connectivity index (χ0) is 8.84. The molecule has 0 unspecified atom stereocenters. The first-order valence-electron chi connectivity index (χ1n) is 4.10. The maximum atomic E-state index is 13.3. The summed E-state index contributed by atoms with van der Waals surface area (Å²) >= 11 is 0. The molecule has 1 aliphatic rings. The van der Waals surface area contributed by atoms with Gasteiger partial charge in [0.05, 0.1) is 5.39 Å². The molecule has 2 nitrogen and oxygen atoms in total. The second kappa shape index (κ2) is 2.19. The predicted octanol–water partition coefficient (Wildman–Crippen LogP) is 1.62. The van der Waals surface area contributed by atoms with Crippen LogP contribution in [0.25, 0.3) is 10.9 Å². The van der Waals surface area contributed by atoms with E-state index in [1.165, 1.54) is 6.07 Å². The van der Waals surface area contributed by atoms with Crippen molar-refractivity contribution in [2.45, 2.75) is 6.73 Å². The van der Waals surface area contributed by atoms with Crippen LogP contribution in [0, 0.1) is 5.82 Å². The molecule has 0 saturated heterocycles. The van der Waals surface area contributed by atoms with Gasteiger partial charge in [-0.3, -0.25) is 0 Å². The monoisotopic (exact) mass is 176 g/mol. The molecule has 0 bridgehead atoms. The zero-order valence-corrected chi connectivity index (χ0v) is 6.83. The Hall–Kier alpha value is -1.64.